The van der Waals surface area contributed by atoms with Gasteiger partial charge in [0.05, 0.1) is 11.3 Å². The van der Waals surface area contributed by atoms with Crippen LogP contribution in [0.25, 0.3) is 10.2 Å². The molecule has 1 aromatic heterocycles. The molecule has 130 valence electrons. The van der Waals surface area contributed by atoms with E-state index in [1.807, 2.05) is 32.9 Å². The fourth-order valence-electron chi connectivity index (χ4n) is 3.05. The Hall–Kier alpha value is -1.82. The normalized spacial score (nSPS) is 15.9. The van der Waals surface area contributed by atoms with Crippen molar-refractivity contribution in [1.82, 2.24) is 10.3 Å². The third-order valence-corrected chi connectivity index (χ3v) is 5.32. The molecule has 3 rings (SSSR count). The number of hydrogen-bond donors (Lipinski definition) is 1. The van der Waals surface area contributed by atoms with Crippen LogP contribution in [0.5, 0.6) is 5.75 Å². The van der Waals surface area contributed by atoms with Crippen LogP contribution in [0.4, 0.5) is 5.13 Å². The maximum absolute atomic E-state index is 12.1. The zero-order valence-corrected chi connectivity index (χ0v) is 15.4. The van der Waals surface area contributed by atoms with Crippen molar-refractivity contribution in [2.24, 2.45) is 5.92 Å². The first kappa shape index (κ1) is 17.0. The fraction of sp³-hybridized carbons (Fsp3) is 0.556. The highest BCUT2D eigenvalue weighted by molar-refractivity contribution is 7.22. The number of anilines is 1. The molecule has 0 radical (unpaired) electrons. The van der Waals surface area contributed by atoms with Crippen molar-refractivity contribution >= 4 is 32.6 Å². The molecule has 1 aromatic carbocycles. The number of benzene rings is 1. The second-order valence-corrected chi connectivity index (χ2v) is 7.47. The summed E-state index contributed by atoms with van der Waals surface area (Å²) in [6, 6.07) is 6.27. The number of para-hydroxylation sites is 1. The highest BCUT2D eigenvalue weighted by Gasteiger charge is 2.26. The van der Waals surface area contributed by atoms with Crippen LogP contribution in [0.1, 0.15) is 33.6 Å². The van der Waals surface area contributed by atoms with Gasteiger partial charge in [0.25, 0.3) is 0 Å². The van der Waals surface area contributed by atoms with E-state index in [-0.39, 0.29) is 17.9 Å². The van der Waals surface area contributed by atoms with Crippen LogP contribution >= 0.6 is 11.3 Å². The molecule has 1 fully saturated rings. The minimum Gasteiger partial charge on any atom is -0.492 e. The van der Waals surface area contributed by atoms with E-state index < -0.39 is 0 Å². The molecule has 5 nitrogen and oxygen atoms in total. The van der Waals surface area contributed by atoms with Gasteiger partial charge in [-0.1, -0.05) is 17.4 Å². The SMILES string of the molecule is CCOc1cccc2sc(N3CCC(C(=O)NC(C)C)CC3)nc12. The predicted octanol–water partition coefficient (Wildman–Crippen LogP) is 3.44. The summed E-state index contributed by atoms with van der Waals surface area (Å²) in [7, 11) is 0. The molecule has 1 saturated heterocycles. The summed E-state index contributed by atoms with van der Waals surface area (Å²) in [5.41, 5.74) is 0.944. The molecule has 1 aliphatic heterocycles. The number of amides is 1. The molecule has 1 aliphatic rings. The summed E-state index contributed by atoms with van der Waals surface area (Å²) in [5, 5.41) is 4.05. The van der Waals surface area contributed by atoms with E-state index in [1.54, 1.807) is 11.3 Å². The number of rotatable bonds is 5. The van der Waals surface area contributed by atoms with Crippen LogP contribution in [-0.2, 0) is 4.79 Å². The van der Waals surface area contributed by atoms with E-state index in [9.17, 15) is 4.79 Å². The Balaban J connectivity index is 1.69. The molecule has 2 aromatic rings. The van der Waals surface area contributed by atoms with Crippen molar-refractivity contribution < 1.29 is 9.53 Å². The number of piperidine rings is 1. The van der Waals surface area contributed by atoms with Crippen molar-refractivity contribution in [3.05, 3.63) is 18.2 Å². The number of ether oxygens (including phenoxy) is 1. The van der Waals surface area contributed by atoms with E-state index in [0.29, 0.717) is 6.61 Å². The first-order valence-electron chi connectivity index (χ1n) is 8.66. The molecule has 0 bridgehead atoms. The summed E-state index contributed by atoms with van der Waals surface area (Å²) < 4.78 is 6.83. The zero-order chi connectivity index (χ0) is 17.1. The second-order valence-electron chi connectivity index (χ2n) is 6.46. The smallest absolute Gasteiger partial charge is 0.223 e. The van der Waals surface area contributed by atoms with Gasteiger partial charge in [-0.05, 0) is 45.7 Å². The molecule has 1 N–H and O–H groups in total. The van der Waals surface area contributed by atoms with E-state index in [2.05, 4.69) is 16.3 Å². The Morgan fingerprint density at radius 2 is 2.17 bits per heavy atom. The van der Waals surface area contributed by atoms with Crippen LogP contribution in [0, 0.1) is 5.92 Å². The highest BCUT2D eigenvalue weighted by Crippen LogP contribution is 2.35. The number of aromatic nitrogens is 1. The topological polar surface area (TPSA) is 54.5 Å². The number of fused-ring (bicyclic) bond motifs is 1. The average Bonchev–Trinajstić information content (AvgIpc) is 3.00. The molecule has 0 aliphatic carbocycles. The maximum atomic E-state index is 12.1. The van der Waals surface area contributed by atoms with Crippen LogP contribution in [0.15, 0.2) is 18.2 Å². The Bertz CT molecular complexity index is 705. The Morgan fingerprint density at radius 1 is 1.42 bits per heavy atom. The summed E-state index contributed by atoms with van der Waals surface area (Å²) >= 11 is 1.70. The van der Waals surface area contributed by atoms with Gasteiger partial charge in [-0.15, -0.1) is 0 Å². The van der Waals surface area contributed by atoms with Crippen molar-refractivity contribution in [2.45, 2.75) is 39.7 Å². The molecule has 1 amide bonds. The van der Waals surface area contributed by atoms with Gasteiger partial charge in [0.15, 0.2) is 5.13 Å². The summed E-state index contributed by atoms with van der Waals surface area (Å²) in [6.45, 7) is 8.38. The van der Waals surface area contributed by atoms with Gasteiger partial charge in [-0.3, -0.25) is 4.79 Å². The Morgan fingerprint density at radius 3 is 2.83 bits per heavy atom. The number of carbonyl (C=O) groups excluding carboxylic acids is 1. The molecule has 0 unspecified atom stereocenters. The van der Waals surface area contributed by atoms with Crippen LogP contribution < -0.4 is 15.0 Å². The quantitative estimate of drug-likeness (QED) is 0.900. The first-order chi connectivity index (χ1) is 11.6. The van der Waals surface area contributed by atoms with Gasteiger partial charge in [0, 0.05) is 25.0 Å². The summed E-state index contributed by atoms with van der Waals surface area (Å²) in [5.74, 6) is 1.16. The van der Waals surface area contributed by atoms with E-state index in [4.69, 9.17) is 9.72 Å². The second kappa shape index (κ2) is 7.38. The number of carbonyl (C=O) groups is 1. The third kappa shape index (κ3) is 3.64. The lowest BCUT2D eigenvalue weighted by atomic mass is 9.96. The lowest BCUT2D eigenvalue weighted by Gasteiger charge is -2.31. The van der Waals surface area contributed by atoms with Crippen molar-refractivity contribution in [1.29, 1.82) is 0 Å². The summed E-state index contributed by atoms with van der Waals surface area (Å²) in [4.78, 5) is 19.2. The lowest BCUT2D eigenvalue weighted by molar-refractivity contribution is -0.126. The van der Waals surface area contributed by atoms with Crippen molar-refractivity contribution in [2.75, 3.05) is 24.6 Å². The van der Waals surface area contributed by atoms with Gasteiger partial charge >= 0.3 is 0 Å². The number of thiazole rings is 1. The molecule has 0 saturated carbocycles. The van der Waals surface area contributed by atoms with Gasteiger partial charge in [0.2, 0.25) is 5.91 Å². The van der Waals surface area contributed by atoms with Crippen molar-refractivity contribution in [3.8, 4) is 5.75 Å². The monoisotopic (exact) mass is 347 g/mol. The minimum absolute atomic E-state index is 0.122. The van der Waals surface area contributed by atoms with Gasteiger partial charge in [-0.2, -0.15) is 0 Å². The Kier molecular flexibility index (Phi) is 5.23. The molecule has 0 atom stereocenters. The van der Waals surface area contributed by atoms with Gasteiger partial charge in [0.1, 0.15) is 11.3 Å². The predicted molar refractivity (Wildman–Crippen MR) is 99.0 cm³/mol. The van der Waals surface area contributed by atoms with E-state index in [0.717, 1.165) is 47.0 Å². The van der Waals surface area contributed by atoms with Crippen molar-refractivity contribution in [3.63, 3.8) is 0 Å². The third-order valence-electron chi connectivity index (χ3n) is 4.24. The van der Waals surface area contributed by atoms with Crippen LogP contribution in [0.3, 0.4) is 0 Å². The molecule has 24 heavy (non-hydrogen) atoms. The average molecular weight is 347 g/mol. The molecular formula is C18H25N3O2S. The minimum atomic E-state index is 0.122. The maximum Gasteiger partial charge on any atom is 0.223 e. The van der Waals surface area contributed by atoms with Crippen LogP contribution in [-0.4, -0.2) is 36.6 Å². The fourth-order valence-corrected chi connectivity index (χ4v) is 4.09. The van der Waals surface area contributed by atoms with Gasteiger partial charge in [-0.25, -0.2) is 4.98 Å². The first-order valence-corrected chi connectivity index (χ1v) is 9.47. The molecule has 6 heteroatoms. The molecule has 0 spiro atoms. The van der Waals surface area contributed by atoms with E-state index in [1.165, 1.54) is 0 Å². The molecule has 2 heterocycles. The van der Waals surface area contributed by atoms with Gasteiger partial charge < -0.3 is 15.0 Å². The largest absolute Gasteiger partial charge is 0.492 e. The number of nitrogens with zero attached hydrogens (tertiary/aromatic N) is 2. The van der Waals surface area contributed by atoms with Crippen LogP contribution in [0.2, 0.25) is 0 Å². The Labute approximate surface area is 147 Å². The number of nitrogens with one attached hydrogen (secondary N) is 1. The number of hydrogen-bond acceptors (Lipinski definition) is 5. The lowest BCUT2D eigenvalue weighted by Crippen LogP contribution is -2.42. The summed E-state index contributed by atoms with van der Waals surface area (Å²) in [6.07, 6.45) is 1.76. The standard InChI is InChI=1S/C18H25N3O2S/c1-4-23-14-6-5-7-15-16(14)20-18(24-15)21-10-8-13(9-11-21)17(22)19-12(2)3/h5-7,12-13H,4,8-11H2,1-3H3,(H,19,22). The highest BCUT2D eigenvalue weighted by atomic mass is 32.1. The van der Waals surface area contributed by atoms with E-state index >= 15 is 0 Å². The molecular weight excluding hydrogens is 322 g/mol. The zero-order valence-electron chi connectivity index (χ0n) is 14.5.